The molecule has 2 rings (SSSR count). The fraction of sp³-hybridized carbons (Fsp3) is 0.133. The van der Waals surface area contributed by atoms with E-state index in [-0.39, 0.29) is 5.78 Å². The second-order valence-corrected chi connectivity index (χ2v) is 5.85. The van der Waals surface area contributed by atoms with Crippen molar-refractivity contribution >= 4 is 37.6 Å². The van der Waals surface area contributed by atoms with Crippen molar-refractivity contribution in [1.29, 1.82) is 0 Å². The molecular formula is C15H12Br2O2. The molecule has 4 heteroatoms. The van der Waals surface area contributed by atoms with Crippen LogP contribution in [0.2, 0.25) is 0 Å². The zero-order valence-corrected chi connectivity index (χ0v) is 13.7. The van der Waals surface area contributed by atoms with Crippen molar-refractivity contribution in [1.82, 2.24) is 0 Å². The molecule has 0 bridgehead atoms. The van der Waals surface area contributed by atoms with Crippen LogP contribution in [0.4, 0.5) is 0 Å². The number of hydrogen-bond acceptors (Lipinski definition) is 2. The van der Waals surface area contributed by atoms with Gasteiger partial charge >= 0.3 is 0 Å². The minimum atomic E-state index is -0.00914. The molecule has 0 aliphatic heterocycles. The highest BCUT2D eigenvalue weighted by Gasteiger charge is 2.14. The Morgan fingerprint density at radius 2 is 1.79 bits per heavy atom. The van der Waals surface area contributed by atoms with E-state index in [4.69, 9.17) is 4.74 Å². The van der Waals surface area contributed by atoms with Crippen LogP contribution in [0.15, 0.2) is 45.3 Å². The van der Waals surface area contributed by atoms with Gasteiger partial charge in [-0.3, -0.25) is 4.79 Å². The van der Waals surface area contributed by atoms with Crippen LogP contribution in [0.1, 0.15) is 21.5 Å². The Hall–Kier alpha value is -1.13. The van der Waals surface area contributed by atoms with E-state index in [1.54, 1.807) is 25.3 Å². The Labute approximate surface area is 129 Å². The molecule has 0 aliphatic rings. The third kappa shape index (κ3) is 3.07. The van der Waals surface area contributed by atoms with Crippen molar-refractivity contribution in [2.45, 2.75) is 6.92 Å². The van der Waals surface area contributed by atoms with Crippen molar-refractivity contribution in [3.05, 3.63) is 62.0 Å². The fourth-order valence-electron chi connectivity index (χ4n) is 1.75. The van der Waals surface area contributed by atoms with Gasteiger partial charge in [0.05, 0.1) is 7.11 Å². The molecule has 0 amide bonds. The standard InChI is InChI=1S/C15H12Br2O2/c1-9-7-10(3-6-13(9)16)15(18)12-5-4-11(19-2)8-14(12)17/h3-8H,1-2H3. The molecule has 0 unspecified atom stereocenters. The number of methoxy groups -OCH3 is 1. The molecule has 0 saturated carbocycles. The van der Waals surface area contributed by atoms with Crippen LogP contribution >= 0.6 is 31.9 Å². The number of halogens is 2. The van der Waals surface area contributed by atoms with E-state index in [2.05, 4.69) is 31.9 Å². The topological polar surface area (TPSA) is 26.3 Å². The quantitative estimate of drug-likeness (QED) is 0.714. The lowest BCUT2D eigenvalue weighted by atomic mass is 10.0. The van der Waals surface area contributed by atoms with Crippen molar-refractivity contribution in [3.63, 3.8) is 0 Å². The number of rotatable bonds is 3. The molecular weight excluding hydrogens is 372 g/mol. The summed E-state index contributed by atoms with van der Waals surface area (Å²) in [6.45, 7) is 1.96. The molecule has 2 aromatic carbocycles. The predicted octanol–water partition coefficient (Wildman–Crippen LogP) is 4.76. The molecule has 19 heavy (non-hydrogen) atoms. The normalized spacial score (nSPS) is 10.3. The molecule has 0 atom stereocenters. The maximum absolute atomic E-state index is 12.4. The first-order chi connectivity index (χ1) is 9.02. The Morgan fingerprint density at radius 1 is 1.05 bits per heavy atom. The fourth-order valence-corrected chi connectivity index (χ4v) is 2.53. The Balaban J connectivity index is 2.41. The van der Waals surface area contributed by atoms with Gasteiger partial charge in [0.1, 0.15) is 5.75 Å². The Morgan fingerprint density at radius 3 is 2.37 bits per heavy atom. The van der Waals surface area contributed by atoms with E-state index in [0.717, 1.165) is 20.3 Å². The average molecular weight is 384 g/mol. The average Bonchev–Trinajstić information content (AvgIpc) is 2.41. The van der Waals surface area contributed by atoms with Crippen molar-refractivity contribution in [3.8, 4) is 5.75 Å². The zero-order valence-electron chi connectivity index (χ0n) is 10.5. The van der Waals surface area contributed by atoms with Crippen LogP contribution in [0, 0.1) is 6.92 Å². The first-order valence-corrected chi connectivity index (χ1v) is 7.26. The summed E-state index contributed by atoms with van der Waals surface area (Å²) in [5, 5.41) is 0. The Bertz CT molecular complexity index is 636. The molecule has 0 heterocycles. The molecule has 0 fully saturated rings. The Kier molecular flexibility index (Phi) is 4.42. The number of benzene rings is 2. The van der Waals surface area contributed by atoms with Gasteiger partial charge in [0.2, 0.25) is 0 Å². The lowest BCUT2D eigenvalue weighted by Crippen LogP contribution is -2.03. The summed E-state index contributed by atoms with van der Waals surface area (Å²) in [7, 11) is 1.60. The maximum Gasteiger partial charge on any atom is 0.194 e. The van der Waals surface area contributed by atoms with E-state index in [1.807, 2.05) is 25.1 Å². The SMILES string of the molecule is COc1ccc(C(=O)c2ccc(Br)c(C)c2)c(Br)c1. The predicted molar refractivity (Wildman–Crippen MR) is 83.0 cm³/mol. The highest BCUT2D eigenvalue weighted by Crippen LogP contribution is 2.26. The van der Waals surface area contributed by atoms with Crippen LogP contribution in [-0.2, 0) is 0 Å². The number of ketones is 1. The van der Waals surface area contributed by atoms with E-state index >= 15 is 0 Å². The first kappa shape index (κ1) is 14.3. The highest BCUT2D eigenvalue weighted by molar-refractivity contribution is 9.10. The van der Waals surface area contributed by atoms with Gasteiger partial charge in [0, 0.05) is 20.1 Å². The lowest BCUT2D eigenvalue weighted by molar-refractivity contribution is 0.103. The van der Waals surface area contributed by atoms with Gasteiger partial charge in [-0.05, 0) is 64.8 Å². The summed E-state index contributed by atoms with van der Waals surface area (Å²) >= 11 is 6.84. The summed E-state index contributed by atoms with van der Waals surface area (Å²) in [6.07, 6.45) is 0. The number of carbonyl (C=O) groups excluding carboxylic acids is 1. The molecule has 2 aromatic rings. The number of ether oxygens (including phenoxy) is 1. The third-order valence-corrected chi connectivity index (χ3v) is 4.39. The van der Waals surface area contributed by atoms with Gasteiger partial charge in [-0.25, -0.2) is 0 Å². The molecule has 0 radical (unpaired) electrons. The molecule has 0 aliphatic carbocycles. The minimum absolute atomic E-state index is 0.00914. The first-order valence-electron chi connectivity index (χ1n) is 5.67. The van der Waals surface area contributed by atoms with E-state index in [1.165, 1.54) is 0 Å². The highest BCUT2D eigenvalue weighted by atomic mass is 79.9. The number of carbonyl (C=O) groups is 1. The van der Waals surface area contributed by atoms with Crippen LogP contribution in [0.5, 0.6) is 5.75 Å². The zero-order chi connectivity index (χ0) is 14.0. The maximum atomic E-state index is 12.4. The number of aryl methyl sites for hydroxylation is 1. The minimum Gasteiger partial charge on any atom is -0.497 e. The van der Waals surface area contributed by atoms with Crippen molar-refractivity contribution in [2.75, 3.05) is 7.11 Å². The summed E-state index contributed by atoms with van der Waals surface area (Å²) < 4.78 is 6.85. The summed E-state index contributed by atoms with van der Waals surface area (Å²) in [4.78, 5) is 12.4. The van der Waals surface area contributed by atoms with Crippen molar-refractivity contribution in [2.24, 2.45) is 0 Å². The van der Waals surface area contributed by atoms with Gasteiger partial charge in [0.15, 0.2) is 5.78 Å². The summed E-state index contributed by atoms with van der Waals surface area (Å²) in [6, 6.07) is 10.9. The molecule has 0 saturated heterocycles. The van der Waals surface area contributed by atoms with Gasteiger partial charge < -0.3 is 4.74 Å². The summed E-state index contributed by atoms with van der Waals surface area (Å²) in [5.74, 6) is 0.709. The third-order valence-electron chi connectivity index (χ3n) is 2.84. The van der Waals surface area contributed by atoms with Crippen LogP contribution in [-0.4, -0.2) is 12.9 Å². The number of hydrogen-bond donors (Lipinski definition) is 0. The van der Waals surface area contributed by atoms with Gasteiger partial charge in [-0.1, -0.05) is 15.9 Å². The lowest BCUT2D eigenvalue weighted by Gasteiger charge is -2.07. The second-order valence-electron chi connectivity index (χ2n) is 4.14. The van der Waals surface area contributed by atoms with Crippen LogP contribution < -0.4 is 4.74 Å². The molecule has 0 spiro atoms. The van der Waals surface area contributed by atoms with E-state index < -0.39 is 0 Å². The van der Waals surface area contributed by atoms with Gasteiger partial charge in [0.25, 0.3) is 0 Å². The van der Waals surface area contributed by atoms with Gasteiger partial charge in [-0.15, -0.1) is 0 Å². The second kappa shape index (κ2) is 5.88. The molecule has 2 nitrogen and oxygen atoms in total. The monoisotopic (exact) mass is 382 g/mol. The smallest absolute Gasteiger partial charge is 0.194 e. The molecule has 0 aromatic heterocycles. The molecule has 98 valence electrons. The van der Waals surface area contributed by atoms with Gasteiger partial charge in [-0.2, -0.15) is 0 Å². The summed E-state index contributed by atoms with van der Waals surface area (Å²) in [5.41, 5.74) is 2.34. The van der Waals surface area contributed by atoms with Crippen LogP contribution in [0.3, 0.4) is 0 Å². The molecule has 0 N–H and O–H groups in total. The van der Waals surface area contributed by atoms with E-state index in [9.17, 15) is 4.79 Å². The van der Waals surface area contributed by atoms with Crippen LogP contribution in [0.25, 0.3) is 0 Å². The van der Waals surface area contributed by atoms with Crippen molar-refractivity contribution < 1.29 is 9.53 Å². The van der Waals surface area contributed by atoms with E-state index in [0.29, 0.717) is 11.1 Å². The largest absolute Gasteiger partial charge is 0.497 e.